The second kappa shape index (κ2) is 5.08. The molecule has 0 radical (unpaired) electrons. The Morgan fingerprint density at radius 3 is 2.71 bits per heavy atom. The van der Waals surface area contributed by atoms with Crippen molar-refractivity contribution in [1.29, 1.82) is 0 Å². The van der Waals surface area contributed by atoms with Crippen LogP contribution in [0.4, 0.5) is 8.78 Å². The van der Waals surface area contributed by atoms with Crippen LogP contribution in [0.5, 0.6) is 0 Å². The van der Waals surface area contributed by atoms with Gasteiger partial charge in [-0.05, 0) is 29.7 Å². The second-order valence-corrected chi connectivity index (χ2v) is 3.30. The Labute approximate surface area is 86.2 Å². The summed E-state index contributed by atoms with van der Waals surface area (Å²) < 4.78 is 24.9. The first-order chi connectivity index (χ1) is 6.67. The molecule has 0 aliphatic rings. The van der Waals surface area contributed by atoms with Crippen LogP contribution in [0.2, 0.25) is 5.02 Å². The summed E-state index contributed by atoms with van der Waals surface area (Å²) >= 11 is 5.56. The van der Waals surface area contributed by atoms with Gasteiger partial charge in [0.15, 0.2) is 0 Å². The van der Waals surface area contributed by atoms with Crippen molar-refractivity contribution in [2.24, 2.45) is 5.73 Å². The molecule has 0 amide bonds. The maximum Gasteiger partial charge on any atom is 0.141 e. The first-order valence-electron chi connectivity index (χ1n) is 4.09. The smallest absolute Gasteiger partial charge is 0.141 e. The zero-order chi connectivity index (χ0) is 10.6. The van der Waals surface area contributed by atoms with E-state index in [1.54, 1.807) is 6.07 Å². The highest BCUT2D eigenvalue weighted by Gasteiger charge is 2.02. The molecule has 0 bridgehead atoms. The molecule has 0 saturated heterocycles. The van der Waals surface area contributed by atoms with Crippen LogP contribution in [0.3, 0.4) is 0 Å². The van der Waals surface area contributed by atoms with E-state index in [1.807, 2.05) is 0 Å². The van der Waals surface area contributed by atoms with E-state index in [0.717, 1.165) is 5.56 Å². The summed E-state index contributed by atoms with van der Waals surface area (Å²) in [5.74, 6) is -0.478. The van der Waals surface area contributed by atoms with Gasteiger partial charge >= 0.3 is 0 Å². The van der Waals surface area contributed by atoms with Crippen LogP contribution in [0.1, 0.15) is 5.56 Å². The van der Waals surface area contributed by atoms with Crippen molar-refractivity contribution in [3.05, 3.63) is 46.5 Å². The van der Waals surface area contributed by atoms with Gasteiger partial charge < -0.3 is 5.73 Å². The Balaban J connectivity index is 2.82. The third-order valence-electron chi connectivity index (χ3n) is 1.83. The lowest BCUT2D eigenvalue weighted by atomic mass is 10.1. The van der Waals surface area contributed by atoms with E-state index in [-0.39, 0.29) is 11.6 Å². The highest BCUT2D eigenvalue weighted by Crippen LogP contribution is 2.17. The molecule has 4 heteroatoms. The number of nitrogens with two attached hydrogens (primary N) is 1. The molecule has 1 aromatic carbocycles. The van der Waals surface area contributed by atoms with Crippen molar-refractivity contribution in [2.45, 2.75) is 6.42 Å². The van der Waals surface area contributed by atoms with Gasteiger partial charge in [-0.25, -0.2) is 8.78 Å². The molecule has 1 aromatic rings. The van der Waals surface area contributed by atoms with Crippen molar-refractivity contribution < 1.29 is 8.78 Å². The molecule has 0 spiro atoms. The highest BCUT2D eigenvalue weighted by molar-refractivity contribution is 6.30. The maximum atomic E-state index is 12.8. The van der Waals surface area contributed by atoms with Crippen LogP contribution >= 0.6 is 11.6 Å². The van der Waals surface area contributed by atoms with Crippen LogP contribution in [-0.2, 0) is 6.42 Å². The van der Waals surface area contributed by atoms with Crippen LogP contribution in [0.25, 0.3) is 0 Å². The van der Waals surface area contributed by atoms with Crippen molar-refractivity contribution in [2.75, 3.05) is 6.54 Å². The Morgan fingerprint density at radius 2 is 2.21 bits per heavy atom. The summed E-state index contributed by atoms with van der Waals surface area (Å²) in [7, 11) is 0. The minimum atomic E-state index is -0.478. The van der Waals surface area contributed by atoms with Crippen molar-refractivity contribution in [3.8, 4) is 0 Å². The van der Waals surface area contributed by atoms with Gasteiger partial charge in [0.2, 0.25) is 0 Å². The van der Waals surface area contributed by atoms with Gasteiger partial charge in [0.1, 0.15) is 5.82 Å². The van der Waals surface area contributed by atoms with Crippen LogP contribution in [0.15, 0.2) is 30.1 Å². The quantitative estimate of drug-likeness (QED) is 0.828. The predicted molar refractivity (Wildman–Crippen MR) is 53.4 cm³/mol. The molecule has 1 rings (SSSR count). The first-order valence-corrected chi connectivity index (χ1v) is 4.47. The summed E-state index contributed by atoms with van der Waals surface area (Å²) in [5.41, 5.74) is 6.48. The molecule has 0 unspecified atom stereocenters. The lowest BCUT2D eigenvalue weighted by Gasteiger charge is -2.03. The minimum Gasteiger partial charge on any atom is -0.327 e. The number of rotatable bonds is 3. The van der Waals surface area contributed by atoms with Crippen LogP contribution in [0, 0.1) is 5.82 Å². The molecule has 0 aromatic heterocycles. The summed E-state index contributed by atoms with van der Waals surface area (Å²) in [6.07, 6.45) is 0.824. The molecular weight excluding hydrogens is 208 g/mol. The van der Waals surface area contributed by atoms with Crippen molar-refractivity contribution in [3.63, 3.8) is 0 Å². The highest BCUT2D eigenvalue weighted by atomic mass is 35.5. The first kappa shape index (κ1) is 11.1. The van der Waals surface area contributed by atoms with Gasteiger partial charge in [-0.1, -0.05) is 17.7 Å². The third-order valence-corrected chi connectivity index (χ3v) is 2.12. The summed E-state index contributed by atoms with van der Waals surface area (Å²) in [4.78, 5) is 0. The van der Waals surface area contributed by atoms with E-state index in [4.69, 9.17) is 17.3 Å². The monoisotopic (exact) mass is 217 g/mol. The molecule has 0 atom stereocenters. The Morgan fingerprint density at radius 1 is 1.50 bits per heavy atom. The van der Waals surface area contributed by atoms with Gasteiger partial charge in [0.25, 0.3) is 0 Å². The largest absolute Gasteiger partial charge is 0.327 e. The van der Waals surface area contributed by atoms with Crippen molar-refractivity contribution >= 4 is 11.6 Å². The Kier molecular flexibility index (Phi) is 4.04. The number of hydrogen-bond donors (Lipinski definition) is 1. The van der Waals surface area contributed by atoms with Crippen LogP contribution < -0.4 is 5.73 Å². The molecule has 0 aliphatic heterocycles. The van der Waals surface area contributed by atoms with E-state index in [1.165, 1.54) is 12.1 Å². The Hall–Kier alpha value is -0.930. The van der Waals surface area contributed by atoms with Crippen molar-refractivity contribution in [1.82, 2.24) is 0 Å². The third kappa shape index (κ3) is 2.79. The minimum absolute atomic E-state index is 0.0396. The fraction of sp³-hybridized carbons (Fsp3) is 0.200. The molecule has 14 heavy (non-hydrogen) atoms. The fourth-order valence-electron chi connectivity index (χ4n) is 1.07. The standard InChI is InChI=1S/C10H10ClF2N/c11-9-4-7(1-2-10(9)13)3-8(5-12)6-14/h1-2,4-5H,3,6,14H2/b8-5-. The Bertz CT molecular complexity index is 350. The normalized spacial score (nSPS) is 11.9. The lowest BCUT2D eigenvalue weighted by Crippen LogP contribution is -2.05. The molecular formula is C10H10ClF2N. The number of benzene rings is 1. The van der Waals surface area contributed by atoms with Gasteiger partial charge in [-0.2, -0.15) is 0 Å². The number of hydrogen-bond acceptors (Lipinski definition) is 1. The molecule has 0 heterocycles. The van der Waals surface area contributed by atoms with E-state index in [9.17, 15) is 8.78 Å². The zero-order valence-electron chi connectivity index (χ0n) is 7.43. The zero-order valence-corrected chi connectivity index (χ0v) is 8.19. The van der Waals surface area contributed by atoms with Crippen LogP contribution in [-0.4, -0.2) is 6.54 Å². The topological polar surface area (TPSA) is 26.0 Å². The predicted octanol–water partition coefficient (Wildman–Crippen LogP) is 2.83. The van der Waals surface area contributed by atoms with E-state index in [2.05, 4.69) is 0 Å². The lowest BCUT2D eigenvalue weighted by molar-refractivity contribution is 0.627. The second-order valence-electron chi connectivity index (χ2n) is 2.90. The molecule has 0 saturated carbocycles. The number of halogens is 3. The maximum absolute atomic E-state index is 12.8. The van der Waals surface area contributed by atoms with Gasteiger partial charge in [0.05, 0.1) is 11.4 Å². The van der Waals surface area contributed by atoms with E-state index >= 15 is 0 Å². The average molecular weight is 218 g/mol. The summed E-state index contributed by atoms with van der Waals surface area (Å²) in [5, 5.41) is 0.0396. The molecule has 0 fully saturated rings. The van der Waals surface area contributed by atoms with Gasteiger partial charge in [0, 0.05) is 6.54 Å². The average Bonchev–Trinajstić information content (AvgIpc) is 2.19. The van der Waals surface area contributed by atoms with E-state index in [0.29, 0.717) is 18.3 Å². The van der Waals surface area contributed by atoms with Gasteiger partial charge in [-0.3, -0.25) is 0 Å². The fourth-order valence-corrected chi connectivity index (χ4v) is 1.27. The summed E-state index contributed by atoms with van der Waals surface area (Å²) in [6, 6.07) is 4.28. The molecule has 0 aliphatic carbocycles. The molecule has 1 nitrogen and oxygen atoms in total. The molecule has 76 valence electrons. The summed E-state index contributed by atoms with van der Waals surface area (Å²) in [6.45, 7) is 0.144. The molecule has 2 N–H and O–H groups in total. The van der Waals surface area contributed by atoms with Gasteiger partial charge in [-0.15, -0.1) is 0 Å². The SMILES string of the molecule is NC/C(=C\F)Cc1ccc(F)c(Cl)c1. The van der Waals surface area contributed by atoms with E-state index < -0.39 is 5.82 Å².